The topological polar surface area (TPSA) is 133 Å². The van der Waals surface area contributed by atoms with E-state index in [-0.39, 0.29) is 36.2 Å². The van der Waals surface area contributed by atoms with Crippen LogP contribution in [-0.2, 0) is 26.2 Å². The third-order valence-electron chi connectivity index (χ3n) is 5.10. The number of hydrogen-bond donors (Lipinski definition) is 3. The van der Waals surface area contributed by atoms with Gasteiger partial charge in [0.25, 0.3) is 5.91 Å². The maximum Gasteiger partial charge on any atom is 0.262 e. The van der Waals surface area contributed by atoms with Gasteiger partial charge in [-0.2, -0.15) is 4.31 Å². The molecule has 32 heavy (non-hydrogen) atoms. The lowest BCUT2D eigenvalue weighted by atomic mass is 10.2. The Kier molecular flexibility index (Phi) is 5.61. The Morgan fingerprint density at radius 3 is 2.81 bits per heavy atom. The Hall–Kier alpha value is -3.44. The van der Waals surface area contributed by atoms with Gasteiger partial charge in [-0.1, -0.05) is 6.07 Å². The number of fused-ring (bicyclic) bond motifs is 2. The molecule has 1 aliphatic heterocycles. The molecule has 11 heteroatoms. The van der Waals surface area contributed by atoms with E-state index in [4.69, 9.17) is 4.74 Å². The van der Waals surface area contributed by atoms with Crippen LogP contribution in [0.25, 0.3) is 11.0 Å². The van der Waals surface area contributed by atoms with E-state index in [0.29, 0.717) is 17.1 Å². The largest absolute Gasteiger partial charge is 0.482 e. The summed E-state index contributed by atoms with van der Waals surface area (Å²) in [4.78, 5) is 31.4. The Balaban J connectivity index is 1.43. The Bertz CT molecular complexity index is 1330. The molecule has 4 rings (SSSR count). The monoisotopic (exact) mass is 457 g/mol. The molecule has 2 aromatic carbocycles. The first-order valence-electron chi connectivity index (χ1n) is 9.89. The van der Waals surface area contributed by atoms with Crippen molar-refractivity contribution in [1.29, 1.82) is 0 Å². The number of nitrogens with one attached hydrogen (secondary N) is 3. The molecule has 1 aromatic heterocycles. The van der Waals surface area contributed by atoms with Gasteiger partial charge in [-0.25, -0.2) is 13.4 Å². The molecule has 0 spiro atoms. The number of aromatic nitrogens is 2. The molecule has 0 unspecified atom stereocenters. The van der Waals surface area contributed by atoms with Gasteiger partial charge in [0, 0.05) is 13.1 Å². The van der Waals surface area contributed by atoms with E-state index in [1.165, 1.54) is 19.2 Å². The summed E-state index contributed by atoms with van der Waals surface area (Å²) < 4.78 is 32.4. The van der Waals surface area contributed by atoms with E-state index < -0.39 is 15.9 Å². The van der Waals surface area contributed by atoms with Crippen molar-refractivity contribution in [2.45, 2.75) is 25.3 Å². The molecule has 0 atom stereocenters. The Morgan fingerprint density at radius 1 is 1.25 bits per heavy atom. The summed E-state index contributed by atoms with van der Waals surface area (Å²) in [5, 5.41) is 5.33. The highest BCUT2D eigenvalue weighted by Crippen LogP contribution is 2.33. The van der Waals surface area contributed by atoms with Crippen LogP contribution in [0, 0.1) is 13.8 Å². The van der Waals surface area contributed by atoms with Crippen LogP contribution in [0.15, 0.2) is 35.2 Å². The molecule has 0 saturated carbocycles. The molecular formula is C21H23N5O5S. The summed E-state index contributed by atoms with van der Waals surface area (Å²) in [6.07, 6.45) is 0. The molecule has 3 N–H and O–H groups in total. The summed E-state index contributed by atoms with van der Waals surface area (Å²) in [6, 6.07) is 8.71. The van der Waals surface area contributed by atoms with Gasteiger partial charge < -0.3 is 20.4 Å². The van der Waals surface area contributed by atoms with Gasteiger partial charge in [-0.15, -0.1) is 0 Å². The molecular weight excluding hydrogens is 434 g/mol. The molecule has 10 nitrogen and oxygen atoms in total. The van der Waals surface area contributed by atoms with Crippen LogP contribution in [0.4, 0.5) is 5.69 Å². The van der Waals surface area contributed by atoms with E-state index in [2.05, 4.69) is 20.6 Å². The number of anilines is 1. The van der Waals surface area contributed by atoms with Gasteiger partial charge in [-0.05, 0) is 43.2 Å². The summed E-state index contributed by atoms with van der Waals surface area (Å²) >= 11 is 0. The molecule has 0 saturated heterocycles. The summed E-state index contributed by atoms with van der Waals surface area (Å²) in [7, 11) is -2.63. The van der Waals surface area contributed by atoms with Crippen molar-refractivity contribution < 1.29 is 22.7 Å². The van der Waals surface area contributed by atoms with Crippen molar-refractivity contribution >= 4 is 38.6 Å². The van der Waals surface area contributed by atoms with Gasteiger partial charge in [0.1, 0.15) is 11.6 Å². The van der Waals surface area contributed by atoms with E-state index >= 15 is 0 Å². The second-order valence-electron chi connectivity index (χ2n) is 7.69. The fraction of sp³-hybridized carbons (Fsp3) is 0.286. The van der Waals surface area contributed by atoms with Crippen molar-refractivity contribution in [3.05, 3.63) is 47.3 Å². The van der Waals surface area contributed by atoms with E-state index in [1.54, 1.807) is 6.92 Å². The third kappa shape index (κ3) is 4.30. The Labute approximate surface area is 185 Å². The molecule has 2 amide bonds. The number of ether oxygens (including phenoxy) is 1. The summed E-state index contributed by atoms with van der Waals surface area (Å²) in [5.41, 5.74) is 3.60. The van der Waals surface area contributed by atoms with Gasteiger partial charge in [0.15, 0.2) is 6.61 Å². The quantitative estimate of drug-likeness (QED) is 0.513. The number of aromatic amines is 1. The first-order chi connectivity index (χ1) is 15.1. The van der Waals surface area contributed by atoms with E-state index in [9.17, 15) is 18.0 Å². The van der Waals surface area contributed by atoms with Crippen molar-refractivity contribution in [1.82, 2.24) is 19.6 Å². The SMILES string of the molecule is Cc1ccc2nc(CNC(=O)CN(C)S(=O)(=O)c3cc4c(cc3C)NC(=O)CO4)[nH]c2c1. The number of carbonyl (C=O) groups is 2. The van der Waals surface area contributed by atoms with Crippen LogP contribution in [0.1, 0.15) is 17.0 Å². The maximum atomic E-state index is 13.0. The highest BCUT2D eigenvalue weighted by molar-refractivity contribution is 7.89. The average Bonchev–Trinajstić information content (AvgIpc) is 3.13. The van der Waals surface area contributed by atoms with Crippen LogP contribution in [-0.4, -0.2) is 54.7 Å². The third-order valence-corrected chi connectivity index (χ3v) is 7.05. The number of likely N-dealkylation sites (N-methyl/N-ethyl adjacent to an activating group) is 1. The van der Waals surface area contributed by atoms with Crippen LogP contribution in [0.2, 0.25) is 0 Å². The fourth-order valence-corrected chi connectivity index (χ4v) is 4.79. The zero-order valence-corrected chi connectivity index (χ0v) is 18.7. The predicted molar refractivity (Wildman–Crippen MR) is 118 cm³/mol. The maximum absolute atomic E-state index is 13.0. The number of nitrogens with zero attached hydrogens (tertiary/aromatic N) is 2. The van der Waals surface area contributed by atoms with Gasteiger partial charge in [0.05, 0.1) is 34.7 Å². The number of amides is 2. The highest BCUT2D eigenvalue weighted by Gasteiger charge is 2.28. The smallest absolute Gasteiger partial charge is 0.262 e. The zero-order valence-electron chi connectivity index (χ0n) is 17.9. The second-order valence-corrected chi connectivity index (χ2v) is 9.71. The minimum absolute atomic E-state index is 0.00959. The minimum Gasteiger partial charge on any atom is -0.482 e. The molecule has 168 valence electrons. The lowest BCUT2D eigenvalue weighted by Crippen LogP contribution is -2.38. The minimum atomic E-state index is -3.96. The summed E-state index contributed by atoms with van der Waals surface area (Å²) in [6.45, 7) is 3.19. The molecule has 2 heterocycles. The molecule has 0 fully saturated rings. The van der Waals surface area contributed by atoms with Gasteiger partial charge >= 0.3 is 0 Å². The lowest BCUT2D eigenvalue weighted by Gasteiger charge is -2.22. The van der Waals surface area contributed by atoms with Crippen molar-refractivity contribution in [3.63, 3.8) is 0 Å². The second kappa shape index (κ2) is 8.24. The van der Waals surface area contributed by atoms with Crippen molar-refractivity contribution in [2.75, 3.05) is 25.5 Å². The normalized spacial score (nSPS) is 13.6. The molecule has 1 aliphatic rings. The molecule has 0 bridgehead atoms. The number of benzene rings is 2. The first-order valence-corrected chi connectivity index (χ1v) is 11.3. The number of rotatable bonds is 6. The number of aryl methyl sites for hydroxylation is 2. The van der Waals surface area contributed by atoms with Crippen molar-refractivity contribution in [2.24, 2.45) is 0 Å². The van der Waals surface area contributed by atoms with Crippen molar-refractivity contribution in [3.8, 4) is 5.75 Å². The standard InChI is InChI=1S/C21H23N5O5S/c1-12-4-5-14-15(6-12)24-19(23-14)9-22-20(27)10-26(3)32(29,30)18-8-17-16(7-13(18)2)25-21(28)11-31-17/h4-8H,9-11H2,1-3H3,(H,22,27)(H,23,24)(H,25,28). The number of sulfonamides is 1. The summed E-state index contributed by atoms with van der Waals surface area (Å²) in [5.74, 6) is 0.0775. The van der Waals surface area contributed by atoms with Crippen LogP contribution < -0.4 is 15.4 Å². The predicted octanol–water partition coefficient (Wildman–Crippen LogP) is 1.45. The zero-order chi connectivity index (χ0) is 23.0. The number of imidazole rings is 1. The average molecular weight is 458 g/mol. The molecule has 0 aliphatic carbocycles. The molecule has 3 aromatic rings. The lowest BCUT2D eigenvalue weighted by molar-refractivity contribution is -0.121. The fourth-order valence-electron chi connectivity index (χ4n) is 3.45. The number of H-pyrrole nitrogens is 1. The first kappa shape index (κ1) is 21.8. The van der Waals surface area contributed by atoms with E-state index in [0.717, 1.165) is 20.9 Å². The number of hydrogen-bond acceptors (Lipinski definition) is 6. The van der Waals surface area contributed by atoms with Crippen LogP contribution >= 0.6 is 0 Å². The number of carbonyl (C=O) groups excluding carboxylic acids is 2. The molecule has 0 radical (unpaired) electrons. The van der Waals surface area contributed by atoms with E-state index in [1.807, 2.05) is 25.1 Å². The highest BCUT2D eigenvalue weighted by atomic mass is 32.2. The van der Waals surface area contributed by atoms with Crippen LogP contribution in [0.5, 0.6) is 5.75 Å². The Morgan fingerprint density at radius 2 is 2.03 bits per heavy atom. The van der Waals surface area contributed by atoms with Crippen LogP contribution in [0.3, 0.4) is 0 Å². The van der Waals surface area contributed by atoms with Gasteiger partial charge in [-0.3, -0.25) is 9.59 Å². The van der Waals surface area contributed by atoms with Gasteiger partial charge in [0.2, 0.25) is 15.9 Å².